The summed E-state index contributed by atoms with van der Waals surface area (Å²) in [6.07, 6.45) is 0. The van der Waals surface area contributed by atoms with Gasteiger partial charge >= 0.3 is 5.76 Å². The molecule has 0 amide bonds. The second-order valence-corrected chi connectivity index (χ2v) is 5.23. The van der Waals surface area contributed by atoms with E-state index in [9.17, 15) is 4.79 Å². The van der Waals surface area contributed by atoms with Crippen molar-refractivity contribution in [1.82, 2.24) is 4.57 Å². The number of rotatable bonds is 1. The van der Waals surface area contributed by atoms with E-state index in [-0.39, 0.29) is 0 Å². The van der Waals surface area contributed by atoms with Gasteiger partial charge in [-0.05, 0) is 43.7 Å². The third-order valence-corrected chi connectivity index (χ3v) is 3.65. The smallest absolute Gasteiger partial charge is 0.409 e. The number of aromatic nitrogens is 1. The number of benzene rings is 2. The average Bonchev–Trinajstić information content (AvgIpc) is 2.40. The molecule has 3 nitrogen and oxygen atoms in total. The Hall–Kier alpha value is -2.20. The van der Waals surface area contributed by atoms with Gasteiger partial charge < -0.3 is 4.42 Å². The molecule has 0 bridgehead atoms. The van der Waals surface area contributed by atoms with Gasteiger partial charge in [0.05, 0.1) is 11.1 Å². The number of fused-ring (bicyclic) bond motifs is 1. The minimum atomic E-state index is -0.461. The lowest BCUT2D eigenvalue weighted by molar-refractivity contribution is 0.507. The van der Waals surface area contributed by atoms with Crippen LogP contribution in [0.1, 0.15) is 11.1 Å². The number of nitrogens with zero attached hydrogens (tertiary/aromatic N) is 1. The topological polar surface area (TPSA) is 35.1 Å². The van der Waals surface area contributed by atoms with Crippen molar-refractivity contribution in [3.63, 3.8) is 0 Å². The first-order valence-corrected chi connectivity index (χ1v) is 6.70. The third-order valence-electron chi connectivity index (χ3n) is 3.24. The first kappa shape index (κ1) is 12.8. The van der Waals surface area contributed by atoms with Crippen molar-refractivity contribution in [2.24, 2.45) is 0 Å². The fourth-order valence-corrected chi connectivity index (χ4v) is 2.50. The molecule has 0 unspecified atom stereocenters. The second kappa shape index (κ2) is 4.72. The Morgan fingerprint density at radius 3 is 2.35 bits per heavy atom. The fraction of sp³-hybridized carbons (Fsp3) is 0.125. The molecule has 0 N–H and O–H groups in total. The highest BCUT2D eigenvalue weighted by Crippen LogP contribution is 2.18. The molecule has 1 aromatic heterocycles. The maximum absolute atomic E-state index is 12.2. The van der Waals surface area contributed by atoms with E-state index in [1.54, 1.807) is 0 Å². The molecule has 0 aliphatic heterocycles. The Balaban J connectivity index is 2.37. The van der Waals surface area contributed by atoms with Gasteiger partial charge in [-0.15, -0.1) is 0 Å². The van der Waals surface area contributed by atoms with Crippen LogP contribution in [0.15, 0.2) is 51.7 Å². The van der Waals surface area contributed by atoms with E-state index in [2.05, 4.69) is 0 Å². The summed E-state index contributed by atoms with van der Waals surface area (Å²) in [4.78, 5) is 12.2. The molecular weight excluding hydrogens is 270 g/mol. The lowest BCUT2D eigenvalue weighted by Gasteiger charge is -2.07. The lowest BCUT2D eigenvalue weighted by Crippen LogP contribution is -2.18. The van der Waals surface area contributed by atoms with E-state index in [0.29, 0.717) is 10.2 Å². The average molecular weight is 283 g/mol. The van der Waals surface area contributed by atoms with Crippen LogP contribution in [0.2, 0.25) is 0 Å². The Bertz CT molecular complexity index is 904. The molecule has 0 spiro atoms. The van der Waals surface area contributed by atoms with Crippen molar-refractivity contribution >= 4 is 23.2 Å². The van der Waals surface area contributed by atoms with Gasteiger partial charge in [0.15, 0.2) is 0 Å². The molecule has 3 aromatic rings. The summed E-state index contributed by atoms with van der Waals surface area (Å²) in [5, 5.41) is 0.769. The first-order chi connectivity index (χ1) is 9.56. The number of hydrogen-bond donors (Lipinski definition) is 0. The monoisotopic (exact) mass is 283 g/mol. The Morgan fingerprint density at radius 1 is 1.00 bits per heavy atom. The molecule has 4 heteroatoms. The molecule has 0 aliphatic carbocycles. The highest BCUT2D eigenvalue weighted by molar-refractivity contribution is 7.71. The van der Waals surface area contributed by atoms with E-state index in [0.717, 1.165) is 22.2 Å². The molecule has 0 fully saturated rings. The summed E-state index contributed by atoms with van der Waals surface area (Å²) in [6.45, 7) is 3.94. The predicted octanol–water partition coefficient (Wildman–Crippen LogP) is 3.93. The van der Waals surface area contributed by atoms with E-state index in [1.165, 1.54) is 4.57 Å². The van der Waals surface area contributed by atoms with Crippen molar-refractivity contribution < 1.29 is 4.42 Å². The zero-order valence-corrected chi connectivity index (χ0v) is 12.0. The van der Waals surface area contributed by atoms with Crippen molar-refractivity contribution in [1.29, 1.82) is 0 Å². The summed E-state index contributed by atoms with van der Waals surface area (Å²) in [5.74, 6) is -0.461. The van der Waals surface area contributed by atoms with Crippen LogP contribution < -0.4 is 5.76 Å². The zero-order chi connectivity index (χ0) is 14.3. The highest BCUT2D eigenvalue weighted by atomic mass is 32.1. The Labute approximate surface area is 121 Å². The Morgan fingerprint density at radius 2 is 1.65 bits per heavy atom. The van der Waals surface area contributed by atoms with Crippen LogP contribution in [0.3, 0.4) is 0 Å². The number of hydrogen-bond acceptors (Lipinski definition) is 3. The van der Waals surface area contributed by atoms with Gasteiger partial charge in [-0.3, -0.25) is 0 Å². The molecule has 0 atom stereocenters. The van der Waals surface area contributed by atoms with E-state index in [4.69, 9.17) is 16.6 Å². The molecule has 1 heterocycles. The van der Waals surface area contributed by atoms with Crippen LogP contribution >= 0.6 is 12.2 Å². The van der Waals surface area contributed by atoms with Gasteiger partial charge in [-0.1, -0.05) is 36.0 Å². The first-order valence-electron chi connectivity index (χ1n) is 6.30. The quantitative estimate of drug-likeness (QED) is 0.635. The molecule has 100 valence electrons. The molecule has 0 saturated heterocycles. The van der Waals surface area contributed by atoms with Crippen molar-refractivity contribution in [2.75, 3.05) is 0 Å². The van der Waals surface area contributed by atoms with Crippen LogP contribution in [0.4, 0.5) is 0 Å². The van der Waals surface area contributed by atoms with Crippen LogP contribution in [0.25, 0.3) is 16.7 Å². The third kappa shape index (κ3) is 2.08. The van der Waals surface area contributed by atoms with Crippen LogP contribution in [-0.4, -0.2) is 4.57 Å². The maximum atomic E-state index is 12.2. The second-order valence-electron chi connectivity index (χ2n) is 4.84. The summed E-state index contributed by atoms with van der Waals surface area (Å²) in [7, 11) is 0. The van der Waals surface area contributed by atoms with Crippen molar-refractivity contribution in [2.45, 2.75) is 13.8 Å². The van der Waals surface area contributed by atoms with E-state index >= 15 is 0 Å². The van der Waals surface area contributed by atoms with Gasteiger partial charge in [-0.2, -0.15) is 0 Å². The molecule has 20 heavy (non-hydrogen) atoms. The van der Waals surface area contributed by atoms with Gasteiger partial charge in [0.25, 0.3) is 0 Å². The fourth-order valence-electron chi connectivity index (χ4n) is 2.15. The van der Waals surface area contributed by atoms with Crippen molar-refractivity contribution in [3.05, 3.63) is 68.8 Å². The zero-order valence-electron chi connectivity index (χ0n) is 11.2. The maximum Gasteiger partial charge on any atom is 0.425 e. The van der Waals surface area contributed by atoms with Gasteiger partial charge in [0.2, 0.25) is 0 Å². The van der Waals surface area contributed by atoms with E-state index in [1.807, 2.05) is 56.3 Å². The molecule has 0 radical (unpaired) electrons. The van der Waals surface area contributed by atoms with Gasteiger partial charge in [0.1, 0.15) is 10.2 Å². The summed E-state index contributed by atoms with van der Waals surface area (Å²) in [6, 6.07) is 13.3. The standard InChI is InChI=1S/C16H13NO2S/c1-10-3-6-12(7-4-10)17-15(20)13-8-5-11(2)9-14(13)19-16(17)18/h3-9H,1-2H3. The molecular formula is C16H13NO2S. The van der Waals surface area contributed by atoms with Gasteiger partial charge in [-0.25, -0.2) is 9.36 Å². The van der Waals surface area contributed by atoms with Crippen molar-refractivity contribution in [3.8, 4) is 5.69 Å². The summed E-state index contributed by atoms with van der Waals surface area (Å²) >= 11 is 5.44. The number of aryl methyl sites for hydroxylation is 2. The highest BCUT2D eigenvalue weighted by Gasteiger charge is 2.08. The SMILES string of the molecule is Cc1ccc(-n2c(=O)oc3cc(C)ccc3c2=S)cc1. The Kier molecular flexibility index (Phi) is 3.03. The molecule has 2 aromatic carbocycles. The summed E-state index contributed by atoms with van der Waals surface area (Å²) < 4.78 is 7.28. The molecule has 3 rings (SSSR count). The predicted molar refractivity (Wildman–Crippen MR) is 82.1 cm³/mol. The van der Waals surface area contributed by atoms with Gasteiger partial charge in [0, 0.05) is 0 Å². The van der Waals surface area contributed by atoms with Crippen LogP contribution in [-0.2, 0) is 0 Å². The van der Waals surface area contributed by atoms with Crippen LogP contribution in [0.5, 0.6) is 0 Å². The van der Waals surface area contributed by atoms with Crippen LogP contribution in [0, 0.1) is 18.5 Å². The minimum absolute atomic E-state index is 0.461. The normalized spacial score (nSPS) is 10.9. The summed E-state index contributed by atoms with van der Waals surface area (Å²) in [5.41, 5.74) is 3.41. The molecule has 0 saturated carbocycles. The largest absolute Gasteiger partial charge is 0.425 e. The minimum Gasteiger partial charge on any atom is -0.409 e. The molecule has 0 aliphatic rings. The lowest BCUT2D eigenvalue weighted by atomic mass is 10.2. The van der Waals surface area contributed by atoms with E-state index < -0.39 is 5.76 Å².